The van der Waals surface area contributed by atoms with E-state index in [1.165, 1.54) is 24.3 Å². The van der Waals surface area contributed by atoms with Gasteiger partial charge in [0.25, 0.3) is 0 Å². The zero-order valence-electron chi connectivity index (χ0n) is 25.3. The second-order valence-electron chi connectivity index (χ2n) is 11.2. The summed E-state index contributed by atoms with van der Waals surface area (Å²) >= 11 is 0. The van der Waals surface area contributed by atoms with Gasteiger partial charge in [-0.05, 0) is 70.8 Å². The van der Waals surface area contributed by atoms with Crippen LogP contribution < -0.4 is 10.0 Å². The SMILES string of the molecule is Fc1ccc(CN(c2cnc3cc(-c4cn[nH]c4)ccc3n2)N(Cc2cccc(F)c2)c2cnc3cc(-c4cn[nH]c4)ccc3n2)cc1. The second kappa shape index (κ2) is 12.3. The number of H-pyrrole nitrogens is 2. The Morgan fingerprint density at radius 2 is 1.06 bits per heavy atom. The molecule has 4 heterocycles. The number of nitrogens with zero attached hydrogens (tertiary/aromatic N) is 8. The van der Waals surface area contributed by atoms with E-state index in [0.717, 1.165) is 27.8 Å². The van der Waals surface area contributed by atoms with Gasteiger partial charge in [-0.15, -0.1) is 0 Å². The van der Waals surface area contributed by atoms with Crippen LogP contribution >= 0.6 is 0 Å². The maximum atomic E-state index is 14.5. The van der Waals surface area contributed by atoms with E-state index in [0.29, 0.717) is 39.3 Å². The third kappa shape index (κ3) is 5.89. The minimum absolute atomic E-state index is 0.228. The fourth-order valence-corrected chi connectivity index (χ4v) is 5.58. The lowest BCUT2D eigenvalue weighted by Gasteiger charge is -2.36. The third-order valence-corrected chi connectivity index (χ3v) is 8.01. The summed E-state index contributed by atoms with van der Waals surface area (Å²) in [5, 5.41) is 17.6. The van der Waals surface area contributed by atoms with Gasteiger partial charge in [0.1, 0.15) is 11.6 Å². The molecule has 0 aliphatic carbocycles. The van der Waals surface area contributed by atoms with Crippen molar-refractivity contribution in [2.75, 3.05) is 10.0 Å². The van der Waals surface area contributed by atoms with Crippen molar-refractivity contribution in [2.45, 2.75) is 13.1 Å². The molecule has 0 atom stereocenters. The Morgan fingerprint density at radius 3 is 1.58 bits per heavy atom. The van der Waals surface area contributed by atoms with Crippen LogP contribution in [0.15, 0.2) is 122 Å². The highest BCUT2D eigenvalue weighted by molar-refractivity contribution is 5.83. The molecule has 0 aliphatic heterocycles. The van der Waals surface area contributed by atoms with Gasteiger partial charge in [0.05, 0.1) is 59.9 Å². The molecule has 0 saturated heterocycles. The van der Waals surface area contributed by atoms with E-state index >= 15 is 0 Å². The van der Waals surface area contributed by atoms with Crippen LogP contribution in [0.25, 0.3) is 44.3 Å². The number of anilines is 2. The van der Waals surface area contributed by atoms with Crippen molar-refractivity contribution in [3.8, 4) is 22.3 Å². The van der Waals surface area contributed by atoms with Crippen molar-refractivity contribution in [3.63, 3.8) is 0 Å². The van der Waals surface area contributed by atoms with E-state index < -0.39 is 0 Å². The fraction of sp³-hybridized carbons (Fsp3) is 0.0556. The van der Waals surface area contributed by atoms with Gasteiger partial charge in [0.15, 0.2) is 11.6 Å². The van der Waals surface area contributed by atoms with Crippen LogP contribution in [-0.2, 0) is 13.1 Å². The van der Waals surface area contributed by atoms with Crippen molar-refractivity contribution in [1.82, 2.24) is 40.3 Å². The van der Waals surface area contributed by atoms with Crippen LogP contribution in [0.2, 0.25) is 0 Å². The molecule has 0 saturated carbocycles. The standard InChI is InChI=1S/C36H26F2N10/c37-29-8-4-23(5-9-29)21-47(35-19-39-33-13-25(6-10-31(33)45-35)27-15-41-42-16-27)48(22-24-2-1-3-30(38)12-24)36-20-40-34-14-26(7-11-32(34)46-36)28-17-43-44-18-28/h1-20H,21-22H2,(H,41,42)(H,43,44). The normalized spacial score (nSPS) is 11.3. The number of fused-ring (bicyclic) bond motifs is 2. The molecule has 4 aromatic carbocycles. The average molecular weight is 637 g/mol. The number of rotatable bonds is 9. The van der Waals surface area contributed by atoms with Crippen molar-refractivity contribution in [2.24, 2.45) is 0 Å². The van der Waals surface area contributed by atoms with Crippen LogP contribution in [0.3, 0.4) is 0 Å². The Kier molecular flexibility index (Phi) is 7.42. The number of aromatic amines is 2. The Morgan fingerprint density at radius 1 is 0.500 bits per heavy atom. The quantitative estimate of drug-likeness (QED) is 0.159. The molecule has 234 valence electrons. The molecule has 8 aromatic rings. The first-order chi connectivity index (χ1) is 23.6. The summed E-state index contributed by atoms with van der Waals surface area (Å²) in [7, 11) is 0. The molecule has 0 fully saturated rings. The van der Waals surface area contributed by atoms with Crippen molar-refractivity contribution < 1.29 is 8.78 Å². The molecule has 4 aromatic heterocycles. The largest absolute Gasteiger partial charge is 0.285 e. The molecule has 0 aliphatic rings. The van der Waals surface area contributed by atoms with Gasteiger partial charge in [-0.1, -0.05) is 36.4 Å². The lowest BCUT2D eigenvalue weighted by molar-refractivity contribution is 0.621. The van der Waals surface area contributed by atoms with E-state index in [1.807, 2.05) is 64.9 Å². The summed E-state index contributed by atoms with van der Waals surface area (Å²) in [6.45, 7) is 0.507. The predicted molar refractivity (Wildman–Crippen MR) is 179 cm³/mol. The zero-order valence-corrected chi connectivity index (χ0v) is 25.3. The maximum Gasteiger partial charge on any atom is 0.166 e. The van der Waals surface area contributed by atoms with Gasteiger partial charge in [0, 0.05) is 23.5 Å². The maximum absolute atomic E-state index is 14.5. The molecule has 48 heavy (non-hydrogen) atoms. The summed E-state index contributed by atoms with van der Waals surface area (Å²) < 4.78 is 28.4. The van der Waals surface area contributed by atoms with Crippen molar-refractivity contribution in [1.29, 1.82) is 0 Å². The number of halogens is 2. The summed E-state index contributed by atoms with van der Waals surface area (Å²) in [6.07, 6.45) is 10.5. The first kappa shape index (κ1) is 28.9. The molecule has 0 spiro atoms. The Labute approximate surface area is 272 Å². The van der Waals surface area contributed by atoms with Crippen LogP contribution in [-0.4, -0.2) is 40.3 Å². The Balaban J connectivity index is 1.25. The van der Waals surface area contributed by atoms with Gasteiger partial charge in [-0.2, -0.15) is 10.2 Å². The van der Waals surface area contributed by atoms with Gasteiger partial charge in [-0.25, -0.2) is 18.7 Å². The number of nitrogens with one attached hydrogen (secondary N) is 2. The second-order valence-corrected chi connectivity index (χ2v) is 11.2. The molecule has 0 amide bonds. The van der Waals surface area contributed by atoms with Crippen LogP contribution in [0, 0.1) is 11.6 Å². The van der Waals surface area contributed by atoms with Crippen molar-refractivity contribution in [3.05, 3.63) is 145 Å². The lowest BCUT2D eigenvalue weighted by Crippen LogP contribution is -2.43. The molecule has 8 rings (SSSR count). The first-order valence-corrected chi connectivity index (χ1v) is 15.1. The number of benzene rings is 4. The summed E-state index contributed by atoms with van der Waals surface area (Å²) in [6, 6.07) is 24.3. The molecule has 0 bridgehead atoms. The van der Waals surface area contributed by atoms with Crippen LogP contribution in [0.5, 0.6) is 0 Å². The highest BCUT2D eigenvalue weighted by Crippen LogP contribution is 2.29. The topological polar surface area (TPSA) is 115 Å². The smallest absolute Gasteiger partial charge is 0.166 e. The average Bonchev–Trinajstić information content (AvgIpc) is 3.86. The third-order valence-electron chi connectivity index (χ3n) is 8.01. The van der Waals surface area contributed by atoms with Gasteiger partial charge in [-0.3, -0.25) is 30.2 Å². The van der Waals surface area contributed by atoms with E-state index in [1.54, 1.807) is 43.0 Å². The molecule has 2 N–H and O–H groups in total. The molecule has 0 unspecified atom stereocenters. The number of hydrogen-bond donors (Lipinski definition) is 2. The van der Waals surface area contributed by atoms with E-state index in [2.05, 4.69) is 20.4 Å². The minimum atomic E-state index is -0.354. The molecular weight excluding hydrogens is 610 g/mol. The summed E-state index contributed by atoms with van der Waals surface area (Å²) in [4.78, 5) is 19.6. The van der Waals surface area contributed by atoms with Crippen LogP contribution in [0.1, 0.15) is 11.1 Å². The van der Waals surface area contributed by atoms with Gasteiger partial charge < -0.3 is 0 Å². The lowest BCUT2D eigenvalue weighted by atomic mass is 10.1. The molecule has 0 radical (unpaired) electrons. The monoisotopic (exact) mass is 636 g/mol. The highest BCUT2D eigenvalue weighted by Gasteiger charge is 2.23. The van der Waals surface area contributed by atoms with Crippen molar-refractivity contribution >= 4 is 33.7 Å². The zero-order chi connectivity index (χ0) is 32.5. The fourth-order valence-electron chi connectivity index (χ4n) is 5.58. The van der Waals surface area contributed by atoms with E-state index in [4.69, 9.17) is 19.9 Å². The van der Waals surface area contributed by atoms with E-state index in [-0.39, 0.29) is 24.7 Å². The number of aromatic nitrogens is 8. The summed E-state index contributed by atoms with van der Waals surface area (Å²) in [5.74, 6) is 0.322. The van der Waals surface area contributed by atoms with Gasteiger partial charge >= 0.3 is 0 Å². The Bertz CT molecular complexity index is 2340. The molecule has 12 heteroatoms. The molecular formula is C36H26F2N10. The number of hydrazine groups is 1. The van der Waals surface area contributed by atoms with E-state index in [9.17, 15) is 8.78 Å². The molecule has 10 nitrogen and oxygen atoms in total. The highest BCUT2D eigenvalue weighted by atomic mass is 19.1. The van der Waals surface area contributed by atoms with Gasteiger partial charge in [0.2, 0.25) is 0 Å². The first-order valence-electron chi connectivity index (χ1n) is 15.1. The Hall–Kier alpha value is -6.56. The predicted octanol–water partition coefficient (Wildman–Crippen LogP) is 7.26. The number of hydrogen-bond acceptors (Lipinski definition) is 8. The minimum Gasteiger partial charge on any atom is -0.285 e. The summed E-state index contributed by atoms with van der Waals surface area (Å²) in [5.41, 5.74) is 8.05. The van der Waals surface area contributed by atoms with Crippen LogP contribution in [0.4, 0.5) is 20.4 Å².